The lowest BCUT2D eigenvalue weighted by atomic mass is 10.1. The second-order valence-electron chi connectivity index (χ2n) is 3.39. The molecule has 0 bridgehead atoms. The number of aryl methyl sites for hydroxylation is 2. The van der Waals surface area contributed by atoms with Gasteiger partial charge in [0.15, 0.2) is 5.16 Å². The van der Waals surface area contributed by atoms with Gasteiger partial charge in [-0.1, -0.05) is 12.1 Å². The number of hydrogen-bond acceptors (Lipinski definition) is 4. The second-order valence-corrected chi connectivity index (χ2v) is 4.37. The first-order valence-electron chi connectivity index (χ1n) is 4.74. The van der Waals surface area contributed by atoms with Crippen LogP contribution in [0, 0.1) is 18.3 Å². The third-order valence-electron chi connectivity index (χ3n) is 2.20. The van der Waals surface area contributed by atoms with Gasteiger partial charge in [-0.15, -0.1) is 10.2 Å². The molecule has 0 unspecified atom stereocenters. The summed E-state index contributed by atoms with van der Waals surface area (Å²) in [6, 6.07) is 7.87. The van der Waals surface area contributed by atoms with E-state index in [0.29, 0.717) is 5.56 Å². The molecule has 1 aromatic carbocycles. The highest BCUT2D eigenvalue weighted by molar-refractivity contribution is 7.99. The Morgan fingerprint density at radius 2 is 2.25 bits per heavy atom. The van der Waals surface area contributed by atoms with Crippen molar-refractivity contribution in [2.24, 2.45) is 7.05 Å². The average Bonchev–Trinajstić information content (AvgIpc) is 2.67. The molecular formula is C11H10N4S. The molecule has 0 amide bonds. The lowest BCUT2D eigenvalue weighted by Gasteiger charge is -2.06. The second kappa shape index (κ2) is 4.37. The zero-order chi connectivity index (χ0) is 11.5. The zero-order valence-electron chi connectivity index (χ0n) is 9.01. The summed E-state index contributed by atoms with van der Waals surface area (Å²) in [5.74, 6) is 0. The molecular weight excluding hydrogens is 220 g/mol. The first-order chi connectivity index (χ1) is 7.72. The van der Waals surface area contributed by atoms with Crippen LogP contribution in [-0.4, -0.2) is 14.8 Å². The van der Waals surface area contributed by atoms with E-state index in [2.05, 4.69) is 16.3 Å². The van der Waals surface area contributed by atoms with Crippen molar-refractivity contribution in [1.82, 2.24) is 14.8 Å². The molecule has 0 saturated carbocycles. The fourth-order valence-corrected chi connectivity index (χ4v) is 2.25. The summed E-state index contributed by atoms with van der Waals surface area (Å²) in [6.45, 7) is 1.99. The smallest absolute Gasteiger partial charge is 0.195 e. The number of nitrogens with zero attached hydrogens (tertiary/aromatic N) is 4. The van der Waals surface area contributed by atoms with Crippen molar-refractivity contribution in [2.75, 3.05) is 0 Å². The van der Waals surface area contributed by atoms with Crippen LogP contribution in [-0.2, 0) is 7.05 Å². The van der Waals surface area contributed by atoms with E-state index in [9.17, 15) is 0 Å². The van der Waals surface area contributed by atoms with Gasteiger partial charge in [-0.25, -0.2) is 0 Å². The van der Waals surface area contributed by atoms with Crippen LogP contribution >= 0.6 is 11.8 Å². The summed E-state index contributed by atoms with van der Waals surface area (Å²) in [7, 11) is 1.88. The molecule has 2 aromatic rings. The van der Waals surface area contributed by atoms with Crippen LogP contribution in [0.2, 0.25) is 0 Å². The van der Waals surface area contributed by atoms with Crippen molar-refractivity contribution in [3.8, 4) is 6.07 Å². The molecule has 1 heterocycles. The minimum Gasteiger partial charge on any atom is -0.311 e. The van der Waals surface area contributed by atoms with Crippen LogP contribution in [0.4, 0.5) is 0 Å². The van der Waals surface area contributed by atoms with E-state index in [-0.39, 0.29) is 0 Å². The largest absolute Gasteiger partial charge is 0.311 e. The molecule has 0 aliphatic rings. The Kier molecular flexibility index (Phi) is 2.93. The molecule has 0 spiro atoms. The Morgan fingerprint density at radius 1 is 1.44 bits per heavy atom. The maximum atomic E-state index is 9.03. The number of benzene rings is 1. The molecule has 0 radical (unpaired) electrons. The molecule has 0 saturated heterocycles. The topological polar surface area (TPSA) is 54.5 Å². The Bertz CT molecular complexity index is 553. The number of nitriles is 1. The molecule has 0 aliphatic heterocycles. The van der Waals surface area contributed by atoms with Gasteiger partial charge in [-0.2, -0.15) is 5.26 Å². The number of hydrogen-bond donors (Lipinski definition) is 0. The van der Waals surface area contributed by atoms with Crippen LogP contribution in [0.15, 0.2) is 34.6 Å². The molecule has 0 N–H and O–H groups in total. The molecule has 0 fully saturated rings. The van der Waals surface area contributed by atoms with E-state index >= 15 is 0 Å². The van der Waals surface area contributed by atoms with E-state index in [1.807, 2.05) is 36.7 Å². The molecule has 0 atom stereocenters. The van der Waals surface area contributed by atoms with Gasteiger partial charge in [0.25, 0.3) is 0 Å². The number of aromatic nitrogens is 3. The minimum absolute atomic E-state index is 0.674. The van der Waals surface area contributed by atoms with Crippen LogP contribution in [0.25, 0.3) is 0 Å². The van der Waals surface area contributed by atoms with Gasteiger partial charge in [0.1, 0.15) is 12.4 Å². The first-order valence-corrected chi connectivity index (χ1v) is 5.55. The molecule has 1 aromatic heterocycles. The molecule has 5 heteroatoms. The van der Waals surface area contributed by atoms with Gasteiger partial charge in [0.2, 0.25) is 0 Å². The Hall–Kier alpha value is -1.80. The van der Waals surface area contributed by atoms with E-state index in [4.69, 9.17) is 5.26 Å². The quantitative estimate of drug-likeness (QED) is 0.793. The SMILES string of the molecule is Cc1cccc(C#N)c1Sc1nncn1C. The van der Waals surface area contributed by atoms with Gasteiger partial charge < -0.3 is 4.57 Å². The van der Waals surface area contributed by atoms with E-state index in [1.165, 1.54) is 11.8 Å². The van der Waals surface area contributed by atoms with Crippen LogP contribution < -0.4 is 0 Å². The average molecular weight is 230 g/mol. The van der Waals surface area contributed by atoms with Crippen LogP contribution in [0.5, 0.6) is 0 Å². The van der Waals surface area contributed by atoms with Gasteiger partial charge in [0, 0.05) is 11.9 Å². The fraction of sp³-hybridized carbons (Fsp3) is 0.182. The highest BCUT2D eigenvalue weighted by atomic mass is 32.2. The Labute approximate surface area is 97.9 Å². The predicted molar refractivity (Wildman–Crippen MR) is 61.0 cm³/mol. The van der Waals surface area contributed by atoms with Crippen molar-refractivity contribution in [3.05, 3.63) is 35.7 Å². The third-order valence-corrected chi connectivity index (χ3v) is 3.49. The van der Waals surface area contributed by atoms with E-state index in [1.54, 1.807) is 6.33 Å². The summed E-state index contributed by atoms with van der Waals surface area (Å²) in [5.41, 5.74) is 1.75. The lowest BCUT2D eigenvalue weighted by Crippen LogP contribution is -1.91. The summed E-state index contributed by atoms with van der Waals surface area (Å²) in [6.07, 6.45) is 1.65. The molecule has 4 nitrogen and oxygen atoms in total. The normalized spacial score (nSPS) is 10.1. The summed E-state index contributed by atoms with van der Waals surface area (Å²) >= 11 is 1.47. The Morgan fingerprint density at radius 3 is 2.88 bits per heavy atom. The summed E-state index contributed by atoms with van der Waals surface area (Å²) in [5, 5.41) is 17.6. The van der Waals surface area contributed by atoms with Crippen molar-refractivity contribution in [1.29, 1.82) is 5.26 Å². The predicted octanol–water partition coefficient (Wildman–Crippen LogP) is 2.15. The van der Waals surface area contributed by atoms with Crippen molar-refractivity contribution >= 4 is 11.8 Å². The molecule has 80 valence electrons. The van der Waals surface area contributed by atoms with Crippen molar-refractivity contribution < 1.29 is 0 Å². The molecule has 2 rings (SSSR count). The highest BCUT2D eigenvalue weighted by Gasteiger charge is 2.10. The number of rotatable bonds is 2. The highest BCUT2D eigenvalue weighted by Crippen LogP contribution is 2.31. The van der Waals surface area contributed by atoms with Gasteiger partial charge in [0.05, 0.1) is 5.56 Å². The van der Waals surface area contributed by atoms with E-state index in [0.717, 1.165) is 15.6 Å². The summed E-state index contributed by atoms with van der Waals surface area (Å²) in [4.78, 5) is 0.945. The monoisotopic (exact) mass is 230 g/mol. The minimum atomic E-state index is 0.674. The van der Waals surface area contributed by atoms with E-state index < -0.39 is 0 Å². The standard InChI is InChI=1S/C11H10N4S/c1-8-4-3-5-9(6-12)10(8)16-11-14-13-7-15(11)2/h3-5,7H,1-2H3. The summed E-state index contributed by atoms with van der Waals surface area (Å²) < 4.78 is 1.83. The lowest BCUT2D eigenvalue weighted by molar-refractivity contribution is 0.788. The fourth-order valence-electron chi connectivity index (χ4n) is 1.33. The Balaban J connectivity index is 2.42. The van der Waals surface area contributed by atoms with Crippen LogP contribution in [0.3, 0.4) is 0 Å². The van der Waals surface area contributed by atoms with Gasteiger partial charge >= 0.3 is 0 Å². The van der Waals surface area contributed by atoms with Gasteiger partial charge in [-0.05, 0) is 30.3 Å². The zero-order valence-corrected chi connectivity index (χ0v) is 9.82. The van der Waals surface area contributed by atoms with Crippen molar-refractivity contribution in [2.45, 2.75) is 17.0 Å². The van der Waals surface area contributed by atoms with Gasteiger partial charge in [-0.3, -0.25) is 0 Å². The van der Waals surface area contributed by atoms with Crippen LogP contribution in [0.1, 0.15) is 11.1 Å². The third kappa shape index (κ3) is 1.92. The molecule has 0 aliphatic carbocycles. The van der Waals surface area contributed by atoms with Crippen molar-refractivity contribution in [3.63, 3.8) is 0 Å². The maximum Gasteiger partial charge on any atom is 0.195 e. The first kappa shape index (κ1) is 10.7. The maximum absolute atomic E-state index is 9.03. The molecule has 16 heavy (non-hydrogen) atoms.